The molecular weight excluding hydrogens is 226 g/mol. The van der Waals surface area contributed by atoms with Gasteiger partial charge in [0.05, 0.1) is 5.69 Å². The fraction of sp³-hybridized carbons (Fsp3) is 0.500. The maximum Gasteiger partial charge on any atom is 0.172 e. The Labute approximate surface area is 109 Å². The quantitative estimate of drug-likeness (QED) is 0.365. The second kappa shape index (κ2) is 6.28. The van der Waals surface area contributed by atoms with E-state index in [-0.39, 0.29) is 5.84 Å². The number of hydrogen-bond acceptors (Lipinski definition) is 3. The number of nitrogens with zero attached hydrogens (tertiary/aromatic N) is 2. The summed E-state index contributed by atoms with van der Waals surface area (Å²) in [5, 5.41) is 12.0. The van der Waals surface area contributed by atoms with Crippen LogP contribution in [0.2, 0.25) is 0 Å². The van der Waals surface area contributed by atoms with Gasteiger partial charge in [-0.15, -0.1) is 0 Å². The van der Waals surface area contributed by atoms with E-state index in [1.807, 2.05) is 12.1 Å². The predicted molar refractivity (Wildman–Crippen MR) is 76.5 cm³/mol. The van der Waals surface area contributed by atoms with Crippen LogP contribution in [-0.2, 0) is 0 Å². The van der Waals surface area contributed by atoms with Crippen molar-refractivity contribution in [2.45, 2.75) is 40.2 Å². The van der Waals surface area contributed by atoms with Gasteiger partial charge in [0.15, 0.2) is 5.84 Å². The van der Waals surface area contributed by atoms with Crippen molar-refractivity contribution in [3.63, 3.8) is 0 Å². The van der Waals surface area contributed by atoms with Crippen LogP contribution >= 0.6 is 0 Å². The molecule has 0 aromatic heterocycles. The van der Waals surface area contributed by atoms with Crippen LogP contribution in [0.25, 0.3) is 0 Å². The van der Waals surface area contributed by atoms with Gasteiger partial charge in [-0.25, -0.2) is 0 Å². The number of anilines is 1. The Bertz CT molecular complexity index is 427. The first-order valence-electron chi connectivity index (χ1n) is 6.37. The highest BCUT2D eigenvalue weighted by Crippen LogP contribution is 2.27. The summed E-state index contributed by atoms with van der Waals surface area (Å²) in [4.78, 5) is 2.29. The third-order valence-electron chi connectivity index (χ3n) is 3.00. The van der Waals surface area contributed by atoms with E-state index in [2.05, 4.69) is 43.8 Å². The molecule has 3 N–H and O–H groups in total. The van der Waals surface area contributed by atoms with Crippen LogP contribution in [0.15, 0.2) is 23.4 Å². The van der Waals surface area contributed by atoms with Gasteiger partial charge in [0.1, 0.15) is 0 Å². The van der Waals surface area contributed by atoms with Gasteiger partial charge in [-0.2, -0.15) is 0 Å². The fourth-order valence-electron chi connectivity index (χ4n) is 2.17. The minimum atomic E-state index is 0.162. The molecule has 0 heterocycles. The minimum absolute atomic E-state index is 0.162. The van der Waals surface area contributed by atoms with Gasteiger partial charge in [0.25, 0.3) is 0 Å². The van der Waals surface area contributed by atoms with Gasteiger partial charge in [0, 0.05) is 18.2 Å². The summed E-state index contributed by atoms with van der Waals surface area (Å²) in [6.45, 7) is 9.45. The van der Waals surface area contributed by atoms with Crippen LogP contribution in [0.4, 0.5) is 5.69 Å². The molecule has 0 aliphatic heterocycles. The van der Waals surface area contributed by atoms with E-state index in [1.54, 1.807) is 0 Å². The molecule has 100 valence electrons. The minimum Gasteiger partial charge on any atom is -0.409 e. The van der Waals surface area contributed by atoms with Crippen LogP contribution < -0.4 is 10.6 Å². The molecular formula is C14H23N3O. The van der Waals surface area contributed by atoms with Gasteiger partial charge in [-0.05, 0) is 38.8 Å². The molecule has 4 heteroatoms. The molecule has 4 nitrogen and oxygen atoms in total. The van der Waals surface area contributed by atoms with Crippen molar-refractivity contribution in [1.82, 2.24) is 0 Å². The predicted octanol–water partition coefficient (Wildman–Crippen LogP) is 2.71. The Balaban J connectivity index is 3.35. The lowest BCUT2D eigenvalue weighted by Gasteiger charge is -2.32. The van der Waals surface area contributed by atoms with Crippen molar-refractivity contribution >= 4 is 11.5 Å². The number of amidine groups is 1. The molecule has 0 aliphatic carbocycles. The van der Waals surface area contributed by atoms with Crippen LogP contribution in [0, 0.1) is 6.92 Å². The average molecular weight is 249 g/mol. The van der Waals surface area contributed by atoms with Crippen molar-refractivity contribution in [2.75, 3.05) is 11.4 Å². The zero-order valence-corrected chi connectivity index (χ0v) is 11.6. The van der Waals surface area contributed by atoms with E-state index in [0.717, 1.165) is 29.8 Å². The largest absolute Gasteiger partial charge is 0.409 e. The molecule has 0 aliphatic rings. The summed E-state index contributed by atoms with van der Waals surface area (Å²) >= 11 is 0. The lowest BCUT2D eigenvalue weighted by molar-refractivity contribution is 0.318. The third kappa shape index (κ3) is 2.94. The fourth-order valence-corrected chi connectivity index (χ4v) is 2.17. The smallest absolute Gasteiger partial charge is 0.172 e. The van der Waals surface area contributed by atoms with E-state index in [9.17, 15) is 0 Å². The zero-order chi connectivity index (χ0) is 13.7. The van der Waals surface area contributed by atoms with Gasteiger partial charge in [-0.3, -0.25) is 0 Å². The normalized spacial score (nSPS) is 11.9. The number of aryl methyl sites for hydroxylation is 1. The van der Waals surface area contributed by atoms with Crippen molar-refractivity contribution in [2.24, 2.45) is 10.9 Å². The number of benzene rings is 1. The van der Waals surface area contributed by atoms with Gasteiger partial charge in [0.2, 0.25) is 0 Å². The van der Waals surface area contributed by atoms with Gasteiger partial charge in [-0.1, -0.05) is 24.2 Å². The third-order valence-corrected chi connectivity index (χ3v) is 3.00. The Morgan fingerprint density at radius 2 is 2.11 bits per heavy atom. The maximum atomic E-state index is 8.90. The average Bonchev–Trinajstić information content (AvgIpc) is 2.35. The Hall–Kier alpha value is -1.71. The SMILES string of the molecule is CCCN(c1c(C)cccc1/C(N)=N/O)C(C)C. The Morgan fingerprint density at radius 3 is 2.61 bits per heavy atom. The van der Waals surface area contributed by atoms with Crippen LogP contribution in [0.3, 0.4) is 0 Å². The molecule has 0 atom stereocenters. The molecule has 0 spiro atoms. The zero-order valence-electron chi connectivity index (χ0n) is 11.6. The topological polar surface area (TPSA) is 61.8 Å². The first-order valence-corrected chi connectivity index (χ1v) is 6.37. The highest BCUT2D eigenvalue weighted by atomic mass is 16.4. The molecule has 0 unspecified atom stereocenters. The molecule has 1 aromatic rings. The van der Waals surface area contributed by atoms with E-state index >= 15 is 0 Å². The van der Waals surface area contributed by atoms with Crippen molar-refractivity contribution in [3.8, 4) is 0 Å². The van der Waals surface area contributed by atoms with Crippen molar-refractivity contribution < 1.29 is 5.21 Å². The summed E-state index contributed by atoms with van der Waals surface area (Å²) in [5.41, 5.74) is 8.76. The van der Waals surface area contributed by atoms with Gasteiger partial charge < -0.3 is 15.8 Å². The first kappa shape index (κ1) is 14.4. The summed E-state index contributed by atoms with van der Waals surface area (Å²) < 4.78 is 0. The summed E-state index contributed by atoms with van der Waals surface area (Å²) in [7, 11) is 0. The van der Waals surface area contributed by atoms with Crippen molar-refractivity contribution in [3.05, 3.63) is 29.3 Å². The second-order valence-corrected chi connectivity index (χ2v) is 4.74. The number of oxime groups is 1. The summed E-state index contributed by atoms with van der Waals surface area (Å²) in [5.74, 6) is 0.162. The molecule has 0 fully saturated rings. The monoisotopic (exact) mass is 249 g/mol. The molecule has 0 amide bonds. The number of hydrogen-bond donors (Lipinski definition) is 2. The van der Waals surface area contributed by atoms with Gasteiger partial charge >= 0.3 is 0 Å². The molecule has 0 saturated heterocycles. The first-order chi connectivity index (χ1) is 8.52. The molecule has 1 aromatic carbocycles. The number of para-hydroxylation sites is 1. The van der Waals surface area contributed by atoms with Crippen LogP contribution in [-0.4, -0.2) is 23.6 Å². The van der Waals surface area contributed by atoms with E-state index in [1.165, 1.54) is 0 Å². The molecule has 0 saturated carbocycles. The maximum absolute atomic E-state index is 8.90. The lowest BCUT2D eigenvalue weighted by Crippen LogP contribution is -2.34. The van der Waals surface area contributed by atoms with Crippen LogP contribution in [0.5, 0.6) is 0 Å². The highest BCUT2D eigenvalue weighted by Gasteiger charge is 2.18. The Morgan fingerprint density at radius 1 is 1.44 bits per heavy atom. The van der Waals surface area contributed by atoms with Crippen molar-refractivity contribution in [1.29, 1.82) is 0 Å². The standard InChI is InChI=1S/C14H23N3O/c1-5-9-17(10(2)3)13-11(4)7-6-8-12(13)14(15)16-18/h6-8,10,18H,5,9H2,1-4H3,(H2,15,16). The highest BCUT2D eigenvalue weighted by molar-refractivity contribution is 6.02. The molecule has 18 heavy (non-hydrogen) atoms. The number of nitrogens with two attached hydrogens (primary N) is 1. The van der Waals surface area contributed by atoms with E-state index in [4.69, 9.17) is 10.9 Å². The summed E-state index contributed by atoms with van der Waals surface area (Å²) in [6, 6.07) is 6.24. The second-order valence-electron chi connectivity index (χ2n) is 4.74. The Kier molecular flexibility index (Phi) is 5.01. The van der Waals surface area contributed by atoms with E-state index in [0.29, 0.717) is 6.04 Å². The lowest BCUT2D eigenvalue weighted by atomic mass is 10.0. The van der Waals surface area contributed by atoms with Crippen LogP contribution in [0.1, 0.15) is 38.3 Å². The summed E-state index contributed by atoms with van der Waals surface area (Å²) in [6.07, 6.45) is 1.06. The molecule has 0 bridgehead atoms. The molecule has 1 rings (SSSR count). The van der Waals surface area contributed by atoms with E-state index < -0.39 is 0 Å². The molecule has 0 radical (unpaired) electrons. The number of rotatable bonds is 5.